The lowest BCUT2D eigenvalue weighted by Gasteiger charge is -2.28. The van der Waals surface area contributed by atoms with Gasteiger partial charge in [-0.2, -0.15) is 0 Å². The van der Waals surface area contributed by atoms with E-state index >= 15 is 0 Å². The molecule has 4 nitrogen and oxygen atoms in total. The average molecular weight is 325 g/mol. The Labute approximate surface area is 142 Å². The summed E-state index contributed by atoms with van der Waals surface area (Å²) in [4.78, 5) is 14.0. The molecule has 1 aliphatic carbocycles. The predicted molar refractivity (Wildman–Crippen MR) is 96.6 cm³/mol. The van der Waals surface area contributed by atoms with Crippen LogP contribution in [0.1, 0.15) is 60.8 Å². The smallest absolute Gasteiger partial charge is 0.410 e. The van der Waals surface area contributed by atoms with E-state index in [9.17, 15) is 4.79 Å². The van der Waals surface area contributed by atoms with Crippen LogP contribution in [0.5, 0.6) is 0 Å². The zero-order chi connectivity index (χ0) is 17.5. The second kappa shape index (κ2) is 9.31. The first kappa shape index (κ1) is 20.0. The number of amides is 1. The summed E-state index contributed by atoms with van der Waals surface area (Å²) >= 11 is 0. The van der Waals surface area contributed by atoms with Crippen molar-refractivity contribution >= 4 is 6.09 Å². The summed E-state index contributed by atoms with van der Waals surface area (Å²) in [5.41, 5.74) is 1.08. The molecule has 0 spiro atoms. The molecule has 2 atom stereocenters. The van der Waals surface area contributed by atoms with Crippen LogP contribution in [0.25, 0.3) is 0 Å². The zero-order valence-electron chi connectivity index (χ0n) is 15.9. The lowest BCUT2D eigenvalue weighted by molar-refractivity contribution is 0.0251. The second-order valence-electron chi connectivity index (χ2n) is 7.97. The van der Waals surface area contributed by atoms with E-state index in [1.807, 2.05) is 25.7 Å². The molecule has 0 saturated carbocycles. The van der Waals surface area contributed by atoms with Crippen LogP contribution in [0.3, 0.4) is 0 Å². The van der Waals surface area contributed by atoms with E-state index in [2.05, 4.69) is 32.2 Å². The van der Waals surface area contributed by atoms with Gasteiger partial charge >= 0.3 is 6.09 Å². The summed E-state index contributed by atoms with van der Waals surface area (Å²) in [5.74, 6) is 1.41. The molecule has 0 aromatic carbocycles. The Morgan fingerprint density at radius 3 is 2.65 bits per heavy atom. The number of hydrogen-bond donors (Lipinski definition) is 1. The molecule has 2 unspecified atom stereocenters. The Kier molecular flexibility index (Phi) is 8.10. The van der Waals surface area contributed by atoms with Gasteiger partial charge < -0.3 is 15.0 Å². The first-order valence-electron chi connectivity index (χ1n) is 9.07. The fraction of sp³-hybridized carbons (Fsp3) is 0.842. The van der Waals surface area contributed by atoms with Crippen LogP contribution in [0, 0.1) is 11.8 Å². The van der Waals surface area contributed by atoms with Gasteiger partial charge in [-0.1, -0.05) is 25.5 Å². The highest BCUT2D eigenvalue weighted by atomic mass is 16.6. The fourth-order valence-corrected chi connectivity index (χ4v) is 3.25. The number of carbonyl (C=O) groups is 1. The van der Waals surface area contributed by atoms with Crippen molar-refractivity contribution in [1.29, 1.82) is 0 Å². The Bertz CT molecular complexity index is 399. The molecule has 1 aliphatic rings. The molecule has 0 aromatic heterocycles. The molecule has 0 saturated heterocycles. The minimum atomic E-state index is -0.432. The maximum atomic E-state index is 12.2. The molecule has 0 bridgehead atoms. The number of nitrogens with zero attached hydrogens (tertiary/aromatic N) is 1. The van der Waals surface area contributed by atoms with Gasteiger partial charge in [0, 0.05) is 19.6 Å². The summed E-state index contributed by atoms with van der Waals surface area (Å²) in [5, 5.41) is 3.53. The molecule has 1 rings (SSSR count). The number of allylic oxidation sites excluding steroid dienone is 2. The SMILES string of the molecule is CCCN(CCNCC1CC(C)=CC(C)C1)C(=O)OC(C)(C)C. The third kappa shape index (κ3) is 8.40. The third-order valence-electron chi connectivity index (χ3n) is 4.02. The lowest BCUT2D eigenvalue weighted by atomic mass is 9.84. The minimum absolute atomic E-state index is 0.203. The summed E-state index contributed by atoms with van der Waals surface area (Å²) in [6.45, 7) is 15.7. The van der Waals surface area contributed by atoms with Gasteiger partial charge in [0.1, 0.15) is 5.60 Å². The number of ether oxygens (including phenoxy) is 1. The van der Waals surface area contributed by atoms with E-state index in [0.717, 1.165) is 32.0 Å². The van der Waals surface area contributed by atoms with Crippen molar-refractivity contribution < 1.29 is 9.53 Å². The van der Waals surface area contributed by atoms with Gasteiger partial charge in [-0.05, 0) is 65.3 Å². The van der Waals surface area contributed by atoms with Crippen molar-refractivity contribution in [3.63, 3.8) is 0 Å². The summed E-state index contributed by atoms with van der Waals surface area (Å²) in [7, 11) is 0. The van der Waals surface area contributed by atoms with Gasteiger partial charge in [0.05, 0.1) is 0 Å². The average Bonchev–Trinajstić information content (AvgIpc) is 2.39. The number of carbonyl (C=O) groups excluding carboxylic acids is 1. The van der Waals surface area contributed by atoms with Crippen LogP contribution in [0.15, 0.2) is 11.6 Å². The van der Waals surface area contributed by atoms with E-state index in [4.69, 9.17) is 4.74 Å². The maximum absolute atomic E-state index is 12.2. The summed E-state index contributed by atoms with van der Waals surface area (Å²) < 4.78 is 5.48. The Morgan fingerprint density at radius 2 is 2.09 bits per heavy atom. The van der Waals surface area contributed by atoms with E-state index in [1.165, 1.54) is 18.4 Å². The van der Waals surface area contributed by atoms with Crippen molar-refractivity contribution in [1.82, 2.24) is 10.2 Å². The van der Waals surface area contributed by atoms with Crippen molar-refractivity contribution in [2.45, 2.75) is 66.4 Å². The highest BCUT2D eigenvalue weighted by molar-refractivity contribution is 5.68. The first-order chi connectivity index (χ1) is 10.7. The van der Waals surface area contributed by atoms with Crippen molar-refractivity contribution in [2.75, 3.05) is 26.2 Å². The molecule has 1 amide bonds. The van der Waals surface area contributed by atoms with Gasteiger partial charge in [-0.15, -0.1) is 0 Å². The molecule has 4 heteroatoms. The highest BCUT2D eigenvalue weighted by Gasteiger charge is 2.22. The molecule has 1 N–H and O–H groups in total. The Balaban J connectivity index is 2.33. The van der Waals surface area contributed by atoms with Crippen molar-refractivity contribution in [3.05, 3.63) is 11.6 Å². The van der Waals surface area contributed by atoms with E-state index in [0.29, 0.717) is 12.5 Å². The summed E-state index contributed by atoms with van der Waals surface area (Å²) in [6, 6.07) is 0. The third-order valence-corrected chi connectivity index (χ3v) is 4.02. The molecule has 0 fully saturated rings. The van der Waals surface area contributed by atoms with Crippen molar-refractivity contribution in [3.8, 4) is 0 Å². The van der Waals surface area contributed by atoms with E-state index < -0.39 is 5.60 Å². The first-order valence-corrected chi connectivity index (χ1v) is 9.07. The van der Waals surface area contributed by atoms with Crippen LogP contribution in [0.2, 0.25) is 0 Å². The minimum Gasteiger partial charge on any atom is -0.444 e. The quantitative estimate of drug-likeness (QED) is 0.563. The standard InChI is InChI=1S/C19H36N2O2/c1-7-9-21(18(22)23-19(4,5)6)10-8-20-14-17-12-15(2)11-16(3)13-17/h11,15,17,20H,7-10,12-14H2,1-6H3. The lowest BCUT2D eigenvalue weighted by Crippen LogP contribution is -2.41. The van der Waals surface area contributed by atoms with Crippen molar-refractivity contribution in [2.24, 2.45) is 11.8 Å². The second-order valence-corrected chi connectivity index (χ2v) is 7.97. The monoisotopic (exact) mass is 324 g/mol. The van der Waals surface area contributed by atoms with Gasteiger partial charge in [0.25, 0.3) is 0 Å². The van der Waals surface area contributed by atoms with Crippen LogP contribution in [-0.4, -0.2) is 42.8 Å². The number of rotatable bonds is 7. The molecule has 0 heterocycles. The van der Waals surface area contributed by atoms with Crippen LogP contribution in [0.4, 0.5) is 4.79 Å². The molecule has 0 aromatic rings. The van der Waals surface area contributed by atoms with Gasteiger partial charge in [0.2, 0.25) is 0 Å². The molecule has 0 aliphatic heterocycles. The molecule has 0 radical (unpaired) electrons. The normalized spacial score (nSPS) is 21.7. The largest absolute Gasteiger partial charge is 0.444 e. The Hall–Kier alpha value is -1.03. The zero-order valence-corrected chi connectivity index (χ0v) is 15.9. The Morgan fingerprint density at radius 1 is 1.39 bits per heavy atom. The van der Waals surface area contributed by atoms with E-state index in [-0.39, 0.29) is 6.09 Å². The molecular formula is C19H36N2O2. The number of hydrogen-bond acceptors (Lipinski definition) is 3. The van der Waals surface area contributed by atoms with Gasteiger partial charge in [-0.3, -0.25) is 0 Å². The topological polar surface area (TPSA) is 41.6 Å². The highest BCUT2D eigenvalue weighted by Crippen LogP contribution is 2.27. The number of nitrogens with one attached hydrogen (secondary N) is 1. The molecule has 23 heavy (non-hydrogen) atoms. The van der Waals surface area contributed by atoms with Crippen LogP contribution >= 0.6 is 0 Å². The molecule has 134 valence electrons. The maximum Gasteiger partial charge on any atom is 0.410 e. The van der Waals surface area contributed by atoms with Gasteiger partial charge in [-0.25, -0.2) is 4.79 Å². The van der Waals surface area contributed by atoms with Crippen LogP contribution < -0.4 is 5.32 Å². The fourth-order valence-electron chi connectivity index (χ4n) is 3.25. The predicted octanol–water partition coefficient (Wildman–Crippen LogP) is 4.22. The van der Waals surface area contributed by atoms with Gasteiger partial charge in [0.15, 0.2) is 0 Å². The van der Waals surface area contributed by atoms with E-state index in [1.54, 1.807) is 0 Å². The molecular weight excluding hydrogens is 288 g/mol. The van der Waals surface area contributed by atoms with Crippen LogP contribution in [-0.2, 0) is 4.74 Å². The summed E-state index contributed by atoms with van der Waals surface area (Å²) in [6.07, 6.45) is 5.59.